The summed E-state index contributed by atoms with van der Waals surface area (Å²) in [6, 6.07) is 26.3. The number of ether oxygens (including phenoxy) is 8. The molecular formula is C33H34N2O8. The van der Waals surface area contributed by atoms with Gasteiger partial charge in [-0.05, 0) is 29.8 Å². The quantitative estimate of drug-likeness (QED) is 0.416. The zero-order chi connectivity index (χ0) is 28.7. The first-order valence-electron chi connectivity index (χ1n) is 15.0. The van der Waals surface area contributed by atoms with E-state index in [1.165, 1.54) is 5.56 Å². The van der Waals surface area contributed by atoms with Gasteiger partial charge in [-0.25, -0.2) is 0 Å². The molecule has 12 atom stereocenters. The molecule has 6 aliphatic rings. The van der Waals surface area contributed by atoms with Crippen LogP contribution in [-0.2, 0) is 18.9 Å². The Kier molecular flexibility index (Phi) is 6.11. The molecule has 10 heteroatoms. The summed E-state index contributed by atoms with van der Waals surface area (Å²) >= 11 is 0. The SMILES string of the molecule is CO[C@@H]1O[C@H]2COc3ccccc3O[C@@H]2[C@H]2[C@H]1N2C(c1ccccc1)N1[C@H]2[C@H](OC)O[C@H]3COc4ccccc4O[C@@H]3[C@@H]21. The third-order valence-electron chi connectivity index (χ3n) is 9.64. The van der Waals surface area contributed by atoms with Crippen molar-refractivity contribution < 1.29 is 37.9 Å². The molecule has 10 nitrogen and oxygen atoms in total. The summed E-state index contributed by atoms with van der Waals surface area (Å²) in [7, 11) is 3.41. The zero-order valence-electron chi connectivity index (χ0n) is 23.9. The summed E-state index contributed by atoms with van der Waals surface area (Å²) < 4.78 is 50.5. The molecule has 3 aromatic rings. The van der Waals surface area contributed by atoms with Gasteiger partial charge in [0, 0.05) is 14.2 Å². The number of methoxy groups -OCH3 is 2. The second-order valence-electron chi connectivity index (χ2n) is 11.9. The Morgan fingerprint density at radius 1 is 0.581 bits per heavy atom. The maximum Gasteiger partial charge on any atom is 0.175 e. The molecule has 0 bridgehead atoms. The van der Waals surface area contributed by atoms with E-state index in [-0.39, 0.29) is 54.7 Å². The van der Waals surface area contributed by atoms with Gasteiger partial charge in [0.2, 0.25) is 0 Å². The van der Waals surface area contributed by atoms with Gasteiger partial charge in [-0.1, -0.05) is 54.6 Å². The summed E-state index contributed by atoms with van der Waals surface area (Å²) in [6.07, 6.45) is -1.99. The number of para-hydroxylation sites is 4. The summed E-state index contributed by atoms with van der Waals surface area (Å²) in [5.74, 6) is 2.93. The Labute approximate surface area is 249 Å². The lowest BCUT2D eigenvalue weighted by atomic mass is 10.0. The average molecular weight is 587 g/mol. The van der Waals surface area contributed by atoms with E-state index in [9.17, 15) is 0 Å². The van der Waals surface area contributed by atoms with Crippen molar-refractivity contribution in [3.63, 3.8) is 0 Å². The number of benzene rings is 3. The number of rotatable bonds is 5. The average Bonchev–Trinajstić information content (AvgIpc) is 3.96. The van der Waals surface area contributed by atoms with Gasteiger partial charge in [-0.15, -0.1) is 0 Å². The molecule has 6 heterocycles. The molecule has 2 unspecified atom stereocenters. The van der Waals surface area contributed by atoms with Crippen molar-refractivity contribution in [2.75, 3.05) is 27.4 Å². The first-order chi connectivity index (χ1) is 21.2. The van der Waals surface area contributed by atoms with Crippen LogP contribution in [-0.4, -0.2) is 98.4 Å². The smallest absolute Gasteiger partial charge is 0.175 e. The molecule has 9 rings (SSSR count). The molecule has 43 heavy (non-hydrogen) atoms. The van der Waals surface area contributed by atoms with Gasteiger partial charge >= 0.3 is 0 Å². The highest BCUT2D eigenvalue weighted by atomic mass is 16.7. The highest BCUT2D eigenvalue weighted by molar-refractivity contribution is 5.42. The lowest BCUT2D eigenvalue weighted by molar-refractivity contribution is -0.198. The van der Waals surface area contributed by atoms with Crippen molar-refractivity contribution in [3.05, 3.63) is 84.4 Å². The number of hydrogen-bond donors (Lipinski definition) is 0. The summed E-state index contributed by atoms with van der Waals surface area (Å²) in [6.45, 7) is 0.778. The minimum Gasteiger partial charge on any atom is -0.487 e. The van der Waals surface area contributed by atoms with Gasteiger partial charge < -0.3 is 37.9 Å². The Morgan fingerprint density at radius 2 is 1.02 bits per heavy atom. The molecule has 0 radical (unpaired) electrons. The lowest BCUT2D eigenvalue weighted by Crippen LogP contribution is -2.50. The van der Waals surface area contributed by atoms with E-state index in [2.05, 4.69) is 34.1 Å². The highest BCUT2D eigenvalue weighted by Crippen LogP contribution is 2.57. The van der Waals surface area contributed by atoms with Crippen LogP contribution in [0.1, 0.15) is 11.7 Å². The van der Waals surface area contributed by atoms with Gasteiger partial charge in [-0.2, -0.15) is 0 Å². The fraction of sp³-hybridized carbons (Fsp3) is 0.455. The van der Waals surface area contributed by atoms with Crippen molar-refractivity contribution in [2.45, 2.75) is 67.3 Å². The second kappa shape index (κ2) is 10.1. The number of fused-ring (bicyclic) bond motifs is 8. The third-order valence-corrected chi connectivity index (χ3v) is 9.64. The molecule has 4 saturated heterocycles. The Bertz CT molecular complexity index is 1400. The summed E-state index contributed by atoms with van der Waals surface area (Å²) in [5.41, 5.74) is 1.17. The van der Waals surface area contributed by atoms with E-state index >= 15 is 0 Å². The fourth-order valence-electron chi connectivity index (χ4n) is 7.70. The van der Waals surface area contributed by atoms with Gasteiger partial charge in [0.15, 0.2) is 35.6 Å². The molecule has 0 saturated carbocycles. The monoisotopic (exact) mass is 586 g/mol. The minimum atomic E-state index is -0.426. The number of nitrogens with zero attached hydrogens (tertiary/aromatic N) is 2. The van der Waals surface area contributed by atoms with E-state index in [1.807, 2.05) is 54.6 Å². The first-order valence-corrected chi connectivity index (χ1v) is 15.0. The molecule has 0 spiro atoms. The van der Waals surface area contributed by atoms with Crippen LogP contribution >= 0.6 is 0 Å². The summed E-state index contributed by atoms with van der Waals surface area (Å²) in [4.78, 5) is 4.95. The Morgan fingerprint density at radius 3 is 1.49 bits per heavy atom. The van der Waals surface area contributed by atoms with E-state index in [0.29, 0.717) is 13.2 Å². The largest absolute Gasteiger partial charge is 0.487 e. The van der Waals surface area contributed by atoms with Crippen LogP contribution in [0.3, 0.4) is 0 Å². The third kappa shape index (κ3) is 4.08. The molecule has 0 aliphatic carbocycles. The normalized spacial score (nSPS) is 40.3. The second-order valence-corrected chi connectivity index (χ2v) is 11.9. The fourth-order valence-corrected chi connectivity index (χ4v) is 7.70. The van der Waals surface area contributed by atoms with Gasteiger partial charge in [-0.3, -0.25) is 9.80 Å². The minimum absolute atomic E-state index is 0.0128. The van der Waals surface area contributed by atoms with Crippen LogP contribution in [0.5, 0.6) is 23.0 Å². The van der Waals surface area contributed by atoms with Crippen molar-refractivity contribution >= 4 is 0 Å². The maximum atomic E-state index is 6.67. The van der Waals surface area contributed by atoms with E-state index < -0.39 is 12.6 Å². The van der Waals surface area contributed by atoms with Crippen molar-refractivity contribution in [1.29, 1.82) is 0 Å². The number of hydrogen-bond acceptors (Lipinski definition) is 10. The van der Waals surface area contributed by atoms with Crippen LogP contribution < -0.4 is 18.9 Å². The Hall–Kier alpha value is -3.38. The molecule has 0 aromatic heterocycles. The zero-order valence-corrected chi connectivity index (χ0v) is 23.9. The molecular weight excluding hydrogens is 552 g/mol. The van der Waals surface area contributed by atoms with E-state index in [0.717, 1.165) is 23.0 Å². The standard InChI is InChI=1S/C33H34N2O8/c1-36-32-27-25(29-23(42-32)16-38-19-12-6-8-14-21(19)40-29)34(27)31(18-10-4-3-5-11-18)35-26-28(35)33(37-2)43-24-17-39-20-13-7-9-15-22(20)41-30(24)26/h3-15,23-33H,16-17H2,1-2H3/t23-,24-,25+,26+,27+,28+,29-,30-,31?,32+,33+,34?,35?/m0/s1. The molecule has 0 amide bonds. The molecule has 4 fully saturated rings. The van der Waals surface area contributed by atoms with Crippen LogP contribution in [0, 0.1) is 0 Å². The van der Waals surface area contributed by atoms with Crippen LogP contribution in [0.2, 0.25) is 0 Å². The van der Waals surface area contributed by atoms with Gasteiger partial charge in [0.1, 0.15) is 37.6 Å². The van der Waals surface area contributed by atoms with Crippen LogP contribution in [0.15, 0.2) is 78.9 Å². The van der Waals surface area contributed by atoms with Crippen molar-refractivity contribution in [1.82, 2.24) is 9.80 Å². The maximum absolute atomic E-state index is 6.67. The predicted octanol–water partition coefficient (Wildman–Crippen LogP) is 3.21. The molecule has 3 aromatic carbocycles. The highest BCUT2D eigenvalue weighted by Gasteiger charge is 2.73. The van der Waals surface area contributed by atoms with Gasteiger partial charge in [0.05, 0.1) is 30.3 Å². The Balaban J connectivity index is 1.09. The van der Waals surface area contributed by atoms with Crippen molar-refractivity contribution in [2.24, 2.45) is 0 Å². The predicted molar refractivity (Wildman–Crippen MR) is 152 cm³/mol. The molecule has 224 valence electrons. The topological polar surface area (TPSA) is 79.9 Å². The van der Waals surface area contributed by atoms with Gasteiger partial charge in [0.25, 0.3) is 0 Å². The summed E-state index contributed by atoms with van der Waals surface area (Å²) in [5, 5.41) is 0. The van der Waals surface area contributed by atoms with Crippen LogP contribution in [0.25, 0.3) is 0 Å². The van der Waals surface area contributed by atoms with Crippen LogP contribution in [0.4, 0.5) is 0 Å². The van der Waals surface area contributed by atoms with E-state index in [1.54, 1.807) is 14.2 Å². The molecule has 6 aliphatic heterocycles. The van der Waals surface area contributed by atoms with Crippen molar-refractivity contribution in [3.8, 4) is 23.0 Å². The lowest BCUT2D eigenvalue weighted by Gasteiger charge is -2.31. The first kappa shape index (κ1) is 26.1. The molecule has 0 N–H and O–H groups in total. The van der Waals surface area contributed by atoms with E-state index in [4.69, 9.17) is 37.9 Å².